The highest BCUT2D eigenvalue weighted by Crippen LogP contribution is 2.15. The van der Waals surface area contributed by atoms with Crippen LogP contribution < -0.4 is 5.32 Å². The van der Waals surface area contributed by atoms with Crippen molar-refractivity contribution < 1.29 is 9.90 Å². The number of thiophene rings is 1. The fourth-order valence-corrected chi connectivity index (χ4v) is 2.35. The Morgan fingerprint density at radius 1 is 1.56 bits per heavy atom. The van der Waals surface area contributed by atoms with Crippen molar-refractivity contribution in [2.45, 2.75) is 13.0 Å². The molecule has 0 radical (unpaired) electrons. The van der Waals surface area contributed by atoms with Gasteiger partial charge in [0.15, 0.2) is 0 Å². The third kappa shape index (κ3) is 3.14. The van der Waals surface area contributed by atoms with Crippen molar-refractivity contribution in [3.8, 4) is 0 Å². The van der Waals surface area contributed by atoms with E-state index >= 15 is 0 Å². The Bertz CT molecular complexity index is 535. The lowest BCUT2D eigenvalue weighted by atomic mass is 10.3. The predicted octanol–water partition coefficient (Wildman–Crippen LogP) is 0.907. The summed E-state index contributed by atoms with van der Waals surface area (Å²) in [7, 11) is 1.91. The van der Waals surface area contributed by atoms with Gasteiger partial charge in [-0.05, 0) is 12.1 Å². The molecule has 0 bridgehead atoms. The molecule has 0 aliphatic carbocycles. The summed E-state index contributed by atoms with van der Waals surface area (Å²) in [6.07, 6.45) is 2.47. The highest BCUT2D eigenvalue weighted by Gasteiger charge is 2.06. The number of aromatic nitrogens is 3. The minimum absolute atomic E-state index is 0.375. The van der Waals surface area contributed by atoms with Crippen LogP contribution in [-0.4, -0.2) is 32.4 Å². The molecule has 2 N–H and O–H groups in total. The average molecular weight is 266 g/mol. The van der Waals surface area contributed by atoms with Crippen LogP contribution in [0.15, 0.2) is 18.5 Å². The van der Waals surface area contributed by atoms with Gasteiger partial charge in [-0.15, -0.1) is 21.5 Å². The van der Waals surface area contributed by atoms with Gasteiger partial charge in [-0.3, -0.25) is 0 Å². The summed E-state index contributed by atoms with van der Waals surface area (Å²) >= 11 is 1.30. The summed E-state index contributed by atoms with van der Waals surface area (Å²) in [5.74, 6) is 0.0604. The Balaban J connectivity index is 1.75. The number of aromatic carboxylic acids is 1. The van der Waals surface area contributed by atoms with E-state index in [0.717, 1.165) is 23.7 Å². The Labute approximate surface area is 108 Å². The molecule has 0 aliphatic heterocycles. The lowest BCUT2D eigenvalue weighted by Gasteiger charge is -2.02. The summed E-state index contributed by atoms with van der Waals surface area (Å²) in [4.78, 5) is 12.1. The van der Waals surface area contributed by atoms with E-state index in [9.17, 15) is 4.79 Å². The SMILES string of the molecule is Cn1cnnc1CCNCc1ccc(C(=O)O)s1. The molecule has 96 valence electrons. The average Bonchev–Trinajstić information content (AvgIpc) is 2.94. The van der Waals surface area contributed by atoms with Gasteiger partial charge in [0.05, 0.1) is 0 Å². The minimum atomic E-state index is -0.870. The molecule has 6 nitrogen and oxygen atoms in total. The van der Waals surface area contributed by atoms with E-state index in [0.29, 0.717) is 11.4 Å². The molecule has 0 aromatic carbocycles. The number of carboxylic acids is 1. The fraction of sp³-hybridized carbons (Fsp3) is 0.364. The zero-order valence-corrected chi connectivity index (χ0v) is 10.8. The van der Waals surface area contributed by atoms with Crippen LogP contribution in [0.2, 0.25) is 0 Å². The van der Waals surface area contributed by atoms with Gasteiger partial charge in [-0.1, -0.05) is 0 Å². The van der Waals surface area contributed by atoms with Crippen LogP contribution in [-0.2, 0) is 20.0 Å². The van der Waals surface area contributed by atoms with E-state index < -0.39 is 5.97 Å². The van der Waals surface area contributed by atoms with Gasteiger partial charge in [0.2, 0.25) is 0 Å². The molecule has 0 unspecified atom stereocenters. The van der Waals surface area contributed by atoms with Crippen molar-refractivity contribution in [2.24, 2.45) is 7.05 Å². The number of hydrogen-bond donors (Lipinski definition) is 2. The smallest absolute Gasteiger partial charge is 0.345 e. The van der Waals surface area contributed by atoms with E-state index in [2.05, 4.69) is 15.5 Å². The highest BCUT2D eigenvalue weighted by molar-refractivity contribution is 7.13. The number of nitrogens with one attached hydrogen (secondary N) is 1. The number of carboxylic acid groups (broad SMARTS) is 1. The molecule has 0 fully saturated rings. The normalized spacial score (nSPS) is 10.7. The zero-order chi connectivity index (χ0) is 13.0. The van der Waals surface area contributed by atoms with E-state index in [1.807, 2.05) is 17.7 Å². The molecule has 2 heterocycles. The first-order chi connectivity index (χ1) is 8.66. The fourth-order valence-electron chi connectivity index (χ4n) is 1.53. The molecule has 2 aromatic heterocycles. The Morgan fingerprint density at radius 3 is 3.00 bits per heavy atom. The van der Waals surface area contributed by atoms with Gasteiger partial charge in [0.1, 0.15) is 17.0 Å². The second kappa shape index (κ2) is 5.74. The molecule has 0 atom stereocenters. The number of carbonyl (C=O) groups is 1. The molecule has 18 heavy (non-hydrogen) atoms. The van der Waals surface area contributed by atoms with Crippen LogP contribution in [0.4, 0.5) is 0 Å². The number of nitrogens with zero attached hydrogens (tertiary/aromatic N) is 3. The Hall–Kier alpha value is -1.73. The summed E-state index contributed by atoms with van der Waals surface area (Å²) in [6, 6.07) is 3.47. The third-order valence-electron chi connectivity index (χ3n) is 2.50. The Kier molecular flexibility index (Phi) is 4.06. The maximum absolute atomic E-state index is 10.7. The molecule has 0 saturated heterocycles. The predicted molar refractivity (Wildman–Crippen MR) is 67.7 cm³/mol. The summed E-state index contributed by atoms with van der Waals surface area (Å²) < 4.78 is 1.88. The van der Waals surface area contributed by atoms with Crippen molar-refractivity contribution in [1.82, 2.24) is 20.1 Å². The molecule has 2 aromatic rings. The first-order valence-corrected chi connectivity index (χ1v) is 6.34. The quantitative estimate of drug-likeness (QED) is 0.760. The van der Waals surface area contributed by atoms with E-state index in [-0.39, 0.29) is 0 Å². The molecule has 7 heteroatoms. The van der Waals surface area contributed by atoms with Crippen LogP contribution in [0.1, 0.15) is 20.4 Å². The van der Waals surface area contributed by atoms with Gasteiger partial charge in [0.25, 0.3) is 0 Å². The van der Waals surface area contributed by atoms with Gasteiger partial charge < -0.3 is 15.0 Å². The van der Waals surface area contributed by atoms with Crippen molar-refractivity contribution in [2.75, 3.05) is 6.54 Å². The summed E-state index contributed by atoms with van der Waals surface area (Å²) in [5.41, 5.74) is 0. The molecule has 0 amide bonds. The molecular weight excluding hydrogens is 252 g/mol. The van der Waals surface area contributed by atoms with E-state index in [1.165, 1.54) is 11.3 Å². The van der Waals surface area contributed by atoms with Crippen LogP contribution in [0.25, 0.3) is 0 Å². The maximum Gasteiger partial charge on any atom is 0.345 e. The summed E-state index contributed by atoms with van der Waals surface area (Å²) in [6.45, 7) is 1.46. The van der Waals surface area contributed by atoms with Gasteiger partial charge in [-0.25, -0.2) is 4.79 Å². The molecule has 0 aliphatic rings. The molecule has 0 spiro atoms. The van der Waals surface area contributed by atoms with Crippen LogP contribution in [0.5, 0.6) is 0 Å². The molecular formula is C11H14N4O2S. The zero-order valence-electron chi connectivity index (χ0n) is 9.96. The first-order valence-electron chi connectivity index (χ1n) is 5.52. The maximum atomic E-state index is 10.7. The number of hydrogen-bond acceptors (Lipinski definition) is 5. The lowest BCUT2D eigenvalue weighted by molar-refractivity contribution is 0.0702. The summed E-state index contributed by atoms with van der Waals surface area (Å²) in [5, 5.41) is 19.8. The van der Waals surface area contributed by atoms with Crippen LogP contribution in [0.3, 0.4) is 0 Å². The van der Waals surface area contributed by atoms with Crippen molar-refractivity contribution in [1.29, 1.82) is 0 Å². The second-order valence-corrected chi connectivity index (χ2v) is 5.02. The van der Waals surface area contributed by atoms with Gasteiger partial charge in [0, 0.05) is 31.4 Å². The van der Waals surface area contributed by atoms with Crippen LogP contribution >= 0.6 is 11.3 Å². The van der Waals surface area contributed by atoms with Gasteiger partial charge in [-0.2, -0.15) is 0 Å². The van der Waals surface area contributed by atoms with E-state index in [4.69, 9.17) is 5.11 Å². The second-order valence-electron chi connectivity index (χ2n) is 3.86. The van der Waals surface area contributed by atoms with E-state index in [1.54, 1.807) is 12.4 Å². The van der Waals surface area contributed by atoms with Crippen molar-refractivity contribution in [3.63, 3.8) is 0 Å². The van der Waals surface area contributed by atoms with Gasteiger partial charge >= 0.3 is 5.97 Å². The largest absolute Gasteiger partial charge is 0.477 e. The monoisotopic (exact) mass is 266 g/mol. The first kappa shape index (κ1) is 12.7. The molecule has 0 saturated carbocycles. The number of rotatable bonds is 6. The minimum Gasteiger partial charge on any atom is -0.477 e. The van der Waals surface area contributed by atoms with Crippen LogP contribution in [0, 0.1) is 0 Å². The number of aryl methyl sites for hydroxylation is 1. The lowest BCUT2D eigenvalue weighted by Crippen LogP contribution is -2.17. The highest BCUT2D eigenvalue weighted by atomic mass is 32.1. The third-order valence-corrected chi connectivity index (χ3v) is 3.58. The standard InChI is InChI=1S/C11H14N4O2S/c1-15-7-13-14-10(15)4-5-12-6-8-2-3-9(18-8)11(16)17/h2-3,7,12H,4-6H2,1H3,(H,16,17). The van der Waals surface area contributed by atoms with Crippen molar-refractivity contribution in [3.05, 3.63) is 34.0 Å². The molecule has 2 rings (SSSR count). The Morgan fingerprint density at radius 2 is 2.39 bits per heavy atom. The van der Waals surface area contributed by atoms with Crippen molar-refractivity contribution >= 4 is 17.3 Å². The topological polar surface area (TPSA) is 80.0 Å².